The van der Waals surface area contributed by atoms with Crippen LogP contribution in [0.15, 0.2) is 61.3 Å². The molecule has 4 rings (SSSR count). The Hall–Kier alpha value is -3.34. The van der Waals surface area contributed by atoms with Gasteiger partial charge in [0, 0.05) is 23.8 Å². The fourth-order valence-electron chi connectivity index (χ4n) is 4.34. The van der Waals surface area contributed by atoms with Crippen LogP contribution in [0.2, 0.25) is 0 Å². The molecule has 0 unspecified atom stereocenters. The summed E-state index contributed by atoms with van der Waals surface area (Å²) in [6.45, 7) is 4.40. The average Bonchev–Trinajstić information content (AvgIpc) is 3.42. The number of primary amides is 1. The lowest BCUT2D eigenvalue weighted by atomic mass is 9.98. The number of hydrogen-bond donors (Lipinski definition) is 2. The van der Waals surface area contributed by atoms with E-state index in [9.17, 15) is 9.59 Å². The second-order valence-electron chi connectivity index (χ2n) is 7.65. The van der Waals surface area contributed by atoms with Gasteiger partial charge < -0.3 is 15.6 Å². The summed E-state index contributed by atoms with van der Waals surface area (Å²) in [7, 11) is 0. The summed E-state index contributed by atoms with van der Waals surface area (Å²) >= 11 is 0. The Kier molecular flexibility index (Phi) is 5.21. The summed E-state index contributed by atoms with van der Waals surface area (Å²) in [5, 5.41) is 0.927. The van der Waals surface area contributed by atoms with Gasteiger partial charge in [0.1, 0.15) is 0 Å². The Morgan fingerprint density at radius 2 is 1.97 bits per heavy atom. The first-order valence-electron chi connectivity index (χ1n) is 10.0. The first kappa shape index (κ1) is 19.0. The van der Waals surface area contributed by atoms with Crippen LogP contribution in [0, 0.1) is 5.92 Å². The molecule has 0 atom stereocenters. The smallest absolute Gasteiger partial charge is 0.250 e. The topological polar surface area (TPSA) is 79.2 Å². The predicted molar refractivity (Wildman–Crippen MR) is 117 cm³/mol. The number of rotatable bonds is 6. The van der Waals surface area contributed by atoms with E-state index in [4.69, 9.17) is 5.73 Å². The molecule has 29 heavy (non-hydrogen) atoms. The molecule has 0 saturated heterocycles. The number of anilines is 1. The number of aromatic amines is 1. The standard InChI is InChI=1S/C24H25N3O2/c1-2-22(28)27(15-16-6-3-4-7-16)18-9-5-8-17(14-18)19-10-11-21(24(25)29)23-20(19)12-13-26-23/h2,5,8-14,16,26H,1,3-4,6-7,15H2,(H2,25,29). The van der Waals surface area contributed by atoms with Gasteiger partial charge in [0.25, 0.3) is 5.91 Å². The maximum Gasteiger partial charge on any atom is 0.250 e. The van der Waals surface area contributed by atoms with Crippen molar-refractivity contribution in [1.82, 2.24) is 4.98 Å². The van der Waals surface area contributed by atoms with Crippen LogP contribution in [0.5, 0.6) is 0 Å². The number of hydrogen-bond acceptors (Lipinski definition) is 2. The van der Waals surface area contributed by atoms with Crippen LogP contribution in [-0.2, 0) is 4.79 Å². The Balaban J connectivity index is 1.74. The molecular formula is C24H25N3O2. The Morgan fingerprint density at radius 3 is 2.69 bits per heavy atom. The van der Waals surface area contributed by atoms with Crippen LogP contribution in [-0.4, -0.2) is 23.3 Å². The molecule has 1 heterocycles. The van der Waals surface area contributed by atoms with E-state index in [1.807, 2.05) is 41.3 Å². The van der Waals surface area contributed by atoms with Gasteiger partial charge >= 0.3 is 0 Å². The molecule has 1 aromatic heterocycles. The zero-order valence-electron chi connectivity index (χ0n) is 16.4. The van der Waals surface area contributed by atoms with Gasteiger partial charge in [-0.2, -0.15) is 0 Å². The van der Waals surface area contributed by atoms with Crippen LogP contribution in [0.25, 0.3) is 22.0 Å². The van der Waals surface area contributed by atoms with Gasteiger partial charge in [0.05, 0.1) is 11.1 Å². The predicted octanol–water partition coefficient (Wildman–Crippen LogP) is 4.64. The third kappa shape index (κ3) is 3.68. The molecule has 2 aromatic carbocycles. The lowest BCUT2D eigenvalue weighted by molar-refractivity contribution is -0.114. The van der Waals surface area contributed by atoms with E-state index in [0.717, 1.165) is 27.7 Å². The highest BCUT2D eigenvalue weighted by atomic mass is 16.2. The number of fused-ring (bicyclic) bond motifs is 1. The van der Waals surface area contributed by atoms with E-state index < -0.39 is 5.91 Å². The third-order valence-corrected chi connectivity index (χ3v) is 5.81. The molecule has 1 saturated carbocycles. The summed E-state index contributed by atoms with van der Waals surface area (Å²) in [6.07, 6.45) is 7.99. The molecule has 1 aliphatic carbocycles. The van der Waals surface area contributed by atoms with Gasteiger partial charge in [0.15, 0.2) is 0 Å². The highest BCUT2D eigenvalue weighted by Crippen LogP contribution is 2.33. The van der Waals surface area contributed by atoms with Crippen molar-refractivity contribution in [2.75, 3.05) is 11.4 Å². The average molecular weight is 387 g/mol. The molecule has 5 nitrogen and oxygen atoms in total. The minimum Gasteiger partial charge on any atom is -0.366 e. The van der Waals surface area contributed by atoms with E-state index in [2.05, 4.69) is 11.6 Å². The summed E-state index contributed by atoms with van der Waals surface area (Å²) < 4.78 is 0. The van der Waals surface area contributed by atoms with Crippen molar-refractivity contribution in [2.24, 2.45) is 11.7 Å². The lowest BCUT2D eigenvalue weighted by Crippen LogP contribution is -2.33. The number of nitrogens with zero attached hydrogens (tertiary/aromatic N) is 1. The highest BCUT2D eigenvalue weighted by molar-refractivity contribution is 6.09. The number of carbonyl (C=O) groups is 2. The van der Waals surface area contributed by atoms with E-state index in [-0.39, 0.29) is 5.91 Å². The summed E-state index contributed by atoms with van der Waals surface area (Å²) in [6, 6.07) is 13.6. The zero-order chi connectivity index (χ0) is 20.4. The summed E-state index contributed by atoms with van der Waals surface area (Å²) in [5.74, 6) is -0.00391. The normalized spacial score (nSPS) is 14.2. The van der Waals surface area contributed by atoms with Crippen LogP contribution in [0.1, 0.15) is 36.0 Å². The molecule has 0 aliphatic heterocycles. The van der Waals surface area contributed by atoms with Crippen LogP contribution in [0.3, 0.4) is 0 Å². The number of H-pyrrole nitrogens is 1. The van der Waals surface area contributed by atoms with Crippen LogP contribution < -0.4 is 10.6 Å². The van der Waals surface area contributed by atoms with E-state index >= 15 is 0 Å². The number of carbonyl (C=O) groups excluding carboxylic acids is 2. The fourth-order valence-corrected chi connectivity index (χ4v) is 4.34. The van der Waals surface area contributed by atoms with E-state index in [0.29, 0.717) is 18.0 Å². The molecule has 148 valence electrons. The van der Waals surface area contributed by atoms with Crippen molar-refractivity contribution < 1.29 is 9.59 Å². The third-order valence-electron chi connectivity index (χ3n) is 5.81. The number of nitrogens with one attached hydrogen (secondary N) is 1. The Bertz CT molecular complexity index is 1080. The van der Waals surface area contributed by atoms with Crippen LogP contribution >= 0.6 is 0 Å². The molecule has 1 aliphatic rings. The van der Waals surface area contributed by atoms with E-state index in [1.165, 1.54) is 31.8 Å². The second-order valence-corrected chi connectivity index (χ2v) is 7.65. The molecule has 0 spiro atoms. The van der Waals surface area contributed by atoms with Crippen molar-refractivity contribution in [3.8, 4) is 11.1 Å². The fraction of sp³-hybridized carbons (Fsp3) is 0.250. The summed E-state index contributed by atoms with van der Waals surface area (Å²) in [5.41, 5.74) is 9.53. The quantitative estimate of drug-likeness (QED) is 0.604. The minimum absolute atomic E-state index is 0.0788. The molecular weight excluding hydrogens is 362 g/mol. The SMILES string of the molecule is C=CC(=O)N(CC1CCCC1)c1cccc(-c2ccc(C(N)=O)c3[nH]ccc23)c1. The molecule has 3 N–H and O–H groups in total. The summed E-state index contributed by atoms with van der Waals surface area (Å²) in [4.78, 5) is 29.3. The minimum atomic E-state index is -0.461. The molecule has 0 radical (unpaired) electrons. The largest absolute Gasteiger partial charge is 0.366 e. The maximum atomic E-state index is 12.6. The van der Waals surface area contributed by atoms with Gasteiger partial charge in [-0.25, -0.2) is 0 Å². The van der Waals surface area contributed by atoms with E-state index in [1.54, 1.807) is 12.3 Å². The first-order chi connectivity index (χ1) is 14.1. The highest BCUT2D eigenvalue weighted by Gasteiger charge is 2.22. The maximum absolute atomic E-state index is 12.6. The molecule has 2 amide bonds. The molecule has 3 aromatic rings. The van der Waals surface area contributed by atoms with Gasteiger partial charge in [-0.1, -0.05) is 37.6 Å². The van der Waals surface area contributed by atoms with Crippen molar-refractivity contribution in [3.05, 3.63) is 66.9 Å². The molecule has 5 heteroatoms. The van der Waals surface area contributed by atoms with Crippen molar-refractivity contribution in [1.29, 1.82) is 0 Å². The Labute approximate surface area is 170 Å². The number of amides is 2. The molecule has 1 fully saturated rings. The number of benzene rings is 2. The van der Waals surface area contributed by atoms with Crippen molar-refractivity contribution in [2.45, 2.75) is 25.7 Å². The lowest BCUT2D eigenvalue weighted by Gasteiger charge is -2.25. The second kappa shape index (κ2) is 7.95. The van der Waals surface area contributed by atoms with Crippen LogP contribution in [0.4, 0.5) is 5.69 Å². The van der Waals surface area contributed by atoms with Gasteiger partial charge in [0.2, 0.25) is 5.91 Å². The zero-order valence-corrected chi connectivity index (χ0v) is 16.4. The van der Waals surface area contributed by atoms with Gasteiger partial charge in [-0.15, -0.1) is 0 Å². The first-order valence-corrected chi connectivity index (χ1v) is 10.0. The molecule has 0 bridgehead atoms. The number of nitrogens with two attached hydrogens (primary N) is 1. The Morgan fingerprint density at radius 1 is 1.17 bits per heavy atom. The monoisotopic (exact) mass is 387 g/mol. The van der Waals surface area contributed by atoms with Crippen molar-refractivity contribution in [3.63, 3.8) is 0 Å². The number of aromatic nitrogens is 1. The van der Waals surface area contributed by atoms with Gasteiger partial charge in [-0.05, 0) is 60.2 Å². The van der Waals surface area contributed by atoms with Gasteiger partial charge in [-0.3, -0.25) is 9.59 Å². The van der Waals surface area contributed by atoms with Crippen molar-refractivity contribution >= 4 is 28.4 Å².